The van der Waals surface area contributed by atoms with Crippen LogP contribution in [0.25, 0.3) is 22.7 Å². The van der Waals surface area contributed by atoms with Crippen molar-refractivity contribution < 1.29 is 14.6 Å². The van der Waals surface area contributed by atoms with E-state index in [0.29, 0.717) is 18.6 Å². The van der Waals surface area contributed by atoms with E-state index in [2.05, 4.69) is 10.2 Å². The second kappa shape index (κ2) is 8.57. The first-order valence-electron chi connectivity index (χ1n) is 10.9. The summed E-state index contributed by atoms with van der Waals surface area (Å²) in [6.07, 6.45) is 6.93. The summed E-state index contributed by atoms with van der Waals surface area (Å²) in [5.41, 5.74) is 4.27. The van der Waals surface area contributed by atoms with E-state index in [1.807, 2.05) is 59.4 Å². The van der Waals surface area contributed by atoms with Crippen molar-refractivity contribution in [3.8, 4) is 5.75 Å². The van der Waals surface area contributed by atoms with Gasteiger partial charge in [-0.15, -0.1) is 0 Å². The predicted molar refractivity (Wildman–Crippen MR) is 123 cm³/mol. The number of aliphatic hydroxyl groups excluding tert-OH is 1. The third-order valence-electron chi connectivity index (χ3n) is 6.13. The average molecular weight is 418 g/mol. The molecule has 0 radical (unpaired) electrons. The van der Waals surface area contributed by atoms with E-state index in [1.54, 1.807) is 0 Å². The van der Waals surface area contributed by atoms with Crippen LogP contribution in [0.3, 0.4) is 0 Å². The number of ether oxygens (including phenoxy) is 1. The van der Waals surface area contributed by atoms with Gasteiger partial charge in [0.2, 0.25) is 0 Å². The minimum atomic E-state index is -0.121. The lowest BCUT2D eigenvalue weighted by Crippen LogP contribution is -2.25. The zero-order valence-corrected chi connectivity index (χ0v) is 17.5. The summed E-state index contributed by atoms with van der Waals surface area (Å²) in [5, 5.41) is 13.4. The predicted octanol–water partition coefficient (Wildman–Crippen LogP) is 3.60. The van der Waals surface area contributed by atoms with Crippen molar-refractivity contribution in [2.24, 2.45) is 0 Å². The molecule has 2 N–H and O–H groups in total. The number of fused-ring (bicyclic) bond motifs is 2. The van der Waals surface area contributed by atoms with E-state index in [4.69, 9.17) is 4.74 Å². The van der Waals surface area contributed by atoms with Crippen molar-refractivity contribution >= 4 is 34.3 Å². The lowest BCUT2D eigenvalue weighted by atomic mass is 9.99. The highest BCUT2D eigenvalue weighted by Gasteiger charge is 2.26. The molecule has 3 heterocycles. The number of hydrogen-bond donors (Lipinski definition) is 2. The van der Waals surface area contributed by atoms with Crippen LogP contribution >= 0.6 is 0 Å². The molecule has 2 aliphatic heterocycles. The second-order valence-corrected chi connectivity index (χ2v) is 8.15. The van der Waals surface area contributed by atoms with E-state index in [-0.39, 0.29) is 12.5 Å². The van der Waals surface area contributed by atoms with Gasteiger partial charge >= 0.3 is 0 Å². The smallest absolute Gasteiger partial charge is 0.257 e. The summed E-state index contributed by atoms with van der Waals surface area (Å²) >= 11 is 0. The number of nitrogens with one attached hydrogen (secondary N) is 1. The average Bonchev–Trinajstić information content (AvgIpc) is 3.49. The Morgan fingerprint density at radius 2 is 2.00 bits per heavy atom. The minimum Gasteiger partial charge on any atom is -0.492 e. The number of benzene rings is 2. The number of anilines is 1. The van der Waals surface area contributed by atoms with Gasteiger partial charge in [-0.05, 0) is 68.2 Å². The highest BCUT2D eigenvalue weighted by atomic mass is 16.5. The summed E-state index contributed by atoms with van der Waals surface area (Å²) in [7, 11) is 0. The number of aliphatic hydroxyl groups is 1. The molecular formula is C25H27N3O3. The molecule has 0 bridgehead atoms. The molecule has 0 spiro atoms. The molecule has 1 amide bonds. The van der Waals surface area contributed by atoms with E-state index in [0.717, 1.165) is 40.0 Å². The van der Waals surface area contributed by atoms with E-state index < -0.39 is 0 Å². The van der Waals surface area contributed by atoms with Crippen molar-refractivity contribution in [1.82, 2.24) is 9.47 Å². The molecule has 6 heteroatoms. The molecule has 160 valence electrons. The Labute approximate surface area is 181 Å². The third-order valence-corrected chi connectivity index (χ3v) is 6.13. The maximum Gasteiger partial charge on any atom is 0.257 e. The molecule has 1 aromatic heterocycles. The largest absolute Gasteiger partial charge is 0.492 e. The van der Waals surface area contributed by atoms with Gasteiger partial charge in [0.1, 0.15) is 12.4 Å². The number of likely N-dealkylation sites (tertiary alicyclic amines) is 1. The molecule has 0 unspecified atom stereocenters. The van der Waals surface area contributed by atoms with Gasteiger partial charge in [-0.25, -0.2) is 0 Å². The van der Waals surface area contributed by atoms with Crippen LogP contribution in [0.1, 0.15) is 24.0 Å². The monoisotopic (exact) mass is 417 g/mol. The fraction of sp³-hybridized carbons (Fsp3) is 0.320. The molecule has 31 heavy (non-hydrogen) atoms. The fourth-order valence-electron chi connectivity index (χ4n) is 4.56. The van der Waals surface area contributed by atoms with Crippen LogP contribution in [0.15, 0.2) is 48.7 Å². The summed E-state index contributed by atoms with van der Waals surface area (Å²) in [4.78, 5) is 15.1. The molecule has 1 fully saturated rings. The number of rotatable bonds is 7. The maximum atomic E-state index is 12.7. The molecule has 6 nitrogen and oxygen atoms in total. The Kier molecular flexibility index (Phi) is 5.49. The number of hydrogen-bond acceptors (Lipinski definition) is 4. The standard InChI is InChI=1S/C25H27N3O3/c29-14-9-18-4-3-5-22-24(18)21(25(30)26-22)17-28-12-8-19-16-20(6-7-23(19)28)31-15-13-27-10-1-2-11-27/h3-8,12,16-17,29H,1-2,9-11,13-15H2,(H,26,30). The number of carbonyl (C=O) groups is 1. The van der Waals surface area contributed by atoms with E-state index in [9.17, 15) is 9.90 Å². The van der Waals surface area contributed by atoms with Crippen molar-refractivity contribution in [2.75, 3.05) is 38.2 Å². The van der Waals surface area contributed by atoms with Crippen LogP contribution < -0.4 is 10.1 Å². The number of aromatic nitrogens is 1. The third kappa shape index (κ3) is 3.96. The van der Waals surface area contributed by atoms with Gasteiger partial charge in [0, 0.05) is 42.2 Å². The molecule has 0 aliphatic carbocycles. The second-order valence-electron chi connectivity index (χ2n) is 8.15. The first-order valence-corrected chi connectivity index (χ1v) is 10.9. The van der Waals surface area contributed by atoms with Gasteiger partial charge in [0.05, 0.1) is 11.1 Å². The molecule has 3 aromatic rings. The zero-order chi connectivity index (χ0) is 21.2. The topological polar surface area (TPSA) is 66.7 Å². The fourth-order valence-corrected chi connectivity index (χ4v) is 4.56. The highest BCUT2D eigenvalue weighted by molar-refractivity contribution is 6.34. The van der Waals surface area contributed by atoms with Gasteiger partial charge < -0.3 is 19.7 Å². The van der Waals surface area contributed by atoms with E-state index in [1.165, 1.54) is 25.9 Å². The summed E-state index contributed by atoms with van der Waals surface area (Å²) in [5.74, 6) is 0.746. The molecule has 2 aromatic carbocycles. The number of amides is 1. The van der Waals surface area contributed by atoms with Gasteiger partial charge in [-0.2, -0.15) is 0 Å². The van der Waals surface area contributed by atoms with Crippen molar-refractivity contribution in [3.63, 3.8) is 0 Å². The Morgan fingerprint density at radius 1 is 1.13 bits per heavy atom. The van der Waals surface area contributed by atoms with Gasteiger partial charge in [0.25, 0.3) is 5.91 Å². The van der Waals surface area contributed by atoms with Crippen molar-refractivity contribution in [1.29, 1.82) is 0 Å². The minimum absolute atomic E-state index is 0.0465. The highest BCUT2D eigenvalue weighted by Crippen LogP contribution is 2.36. The summed E-state index contributed by atoms with van der Waals surface area (Å²) < 4.78 is 7.95. The van der Waals surface area contributed by atoms with Crippen LogP contribution in [0.2, 0.25) is 0 Å². The SMILES string of the molecule is O=C1Nc2cccc(CCO)c2C1=Cn1ccc2cc(OCCN3CCCC3)ccc21. The maximum absolute atomic E-state index is 12.7. The molecular weight excluding hydrogens is 390 g/mol. The van der Waals surface area contributed by atoms with Gasteiger partial charge in [0.15, 0.2) is 0 Å². The first-order chi connectivity index (χ1) is 15.2. The number of carbonyl (C=O) groups excluding carboxylic acids is 1. The van der Waals surface area contributed by atoms with E-state index >= 15 is 0 Å². The Morgan fingerprint density at radius 3 is 2.84 bits per heavy atom. The van der Waals surface area contributed by atoms with Gasteiger partial charge in [-0.1, -0.05) is 12.1 Å². The molecule has 0 atom stereocenters. The summed E-state index contributed by atoms with van der Waals surface area (Å²) in [6.45, 7) is 4.06. The zero-order valence-electron chi connectivity index (χ0n) is 17.5. The summed E-state index contributed by atoms with van der Waals surface area (Å²) in [6, 6.07) is 13.9. The lowest BCUT2D eigenvalue weighted by molar-refractivity contribution is -0.110. The Bertz CT molecular complexity index is 1140. The molecule has 5 rings (SSSR count). The Hall–Kier alpha value is -3.09. The van der Waals surface area contributed by atoms with Crippen molar-refractivity contribution in [3.05, 3.63) is 59.8 Å². The van der Waals surface area contributed by atoms with Crippen LogP contribution in [0.5, 0.6) is 5.75 Å². The van der Waals surface area contributed by atoms with Crippen molar-refractivity contribution in [2.45, 2.75) is 19.3 Å². The number of nitrogens with zero attached hydrogens (tertiary/aromatic N) is 2. The van der Waals surface area contributed by atoms with Crippen LogP contribution in [-0.2, 0) is 11.2 Å². The van der Waals surface area contributed by atoms with Crippen LogP contribution in [0.4, 0.5) is 5.69 Å². The molecule has 2 aliphatic rings. The van der Waals surface area contributed by atoms with Crippen LogP contribution in [0, 0.1) is 0 Å². The lowest BCUT2D eigenvalue weighted by Gasteiger charge is -2.15. The quantitative estimate of drug-likeness (QED) is 0.577. The van der Waals surface area contributed by atoms with Crippen LogP contribution in [-0.4, -0.2) is 53.3 Å². The molecule has 1 saturated heterocycles. The Balaban J connectivity index is 1.39. The van der Waals surface area contributed by atoms with Gasteiger partial charge in [-0.3, -0.25) is 9.69 Å². The normalized spacial score (nSPS) is 17.5. The first kappa shape index (κ1) is 19.8. The molecule has 0 saturated carbocycles.